The zero-order valence-electron chi connectivity index (χ0n) is 48.2. The lowest BCUT2D eigenvalue weighted by molar-refractivity contribution is 0.102. The first-order chi connectivity index (χ1) is 41.1. The quantitative estimate of drug-likeness (QED) is 0.104. The van der Waals surface area contributed by atoms with Crippen LogP contribution < -0.4 is 26.2 Å². The molecular formula is C70H63N9O4S2. The molecule has 0 unspecified atom stereocenters. The summed E-state index contributed by atoms with van der Waals surface area (Å²) in [5.74, 6) is 0.227. The normalized spacial score (nSPS) is 11.5. The van der Waals surface area contributed by atoms with E-state index in [9.17, 15) is 19.2 Å². The number of benzene rings is 6. The van der Waals surface area contributed by atoms with E-state index >= 15 is 0 Å². The number of anilines is 5. The largest absolute Gasteiger partial charge is 0.378 e. The number of nitrogens with zero attached hydrogens (tertiary/aromatic N) is 5. The molecule has 1 aliphatic rings. The third-order valence-electron chi connectivity index (χ3n) is 14.0. The van der Waals surface area contributed by atoms with Gasteiger partial charge in [-0.2, -0.15) is 0 Å². The number of pyridine rings is 4. The Morgan fingerprint density at radius 3 is 1.14 bits per heavy atom. The molecule has 0 radical (unpaired) electrons. The first-order valence-electron chi connectivity index (χ1n) is 27.8. The average Bonchev–Trinajstić information content (AvgIpc) is 3.34. The highest BCUT2D eigenvalue weighted by Gasteiger charge is 2.25. The smallest absolute Gasteiger partial charge is 0.258 e. The Morgan fingerprint density at radius 2 is 0.776 bits per heavy atom. The van der Waals surface area contributed by atoms with Crippen LogP contribution in [-0.2, 0) is 0 Å². The van der Waals surface area contributed by atoms with Crippen molar-refractivity contribution in [2.45, 2.75) is 53.4 Å². The van der Waals surface area contributed by atoms with Crippen molar-refractivity contribution < 1.29 is 19.2 Å². The number of aryl methyl sites for hydroxylation is 5. The molecule has 13 rings (SSSR count). The van der Waals surface area contributed by atoms with Crippen LogP contribution in [0.1, 0.15) is 93.4 Å². The summed E-state index contributed by atoms with van der Waals surface area (Å²) in [6.45, 7) is 9.73. The molecule has 12 aromatic rings. The first-order valence-corrected chi connectivity index (χ1v) is 29.5. The summed E-state index contributed by atoms with van der Waals surface area (Å²) in [6.07, 6.45) is 2.56. The molecule has 6 aromatic carbocycles. The van der Waals surface area contributed by atoms with Crippen LogP contribution in [0.3, 0.4) is 0 Å². The van der Waals surface area contributed by atoms with Crippen molar-refractivity contribution in [1.29, 1.82) is 0 Å². The molecular weight excluding hydrogens is 1090 g/mol. The number of amides is 4. The number of aromatic nitrogens is 4. The Morgan fingerprint density at radius 1 is 0.400 bits per heavy atom. The van der Waals surface area contributed by atoms with Gasteiger partial charge < -0.3 is 26.2 Å². The molecule has 0 atom stereocenters. The lowest BCUT2D eigenvalue weighted by Gasteiger charge is -2.13. The van der Waals surface area contributed by atoms with Gasteiger partial charge in [0.1, 0.15) is 0 Å². The van der Waals surface area contributed by atoms with Gasteiger partial charge in [0, 0.05) is 80.4 Å². The second-order valence-electron chi connectivity index (χ2n) is 20.9. The Bertz CT molecular complexity index is 4390. The van der Waals surface area contributed by atoms with Gasteiger partial charge in [0.2, 0.25) is 0 Å². The van der Waals surface area contributed by atoms with Crippen molar-refractivity contribution >= 4 is 117 Å². The van der Waals surface area contributed by atoms with E-state index in [1.54, 1.807) is 29.5 Å². The van der Waals surface area contributed by atoms with Gasteiger partial charge in [0.05, 0.1) is 54.3 Å². The SMILES string of the molecule is Cc1ccc(NC(=O)c2cccc3ccc(C)nc23)cc1.Cc1ccc2cccc(C(=O)Nc3ccc(C4CC4)s3)c2n1.Cc1ccc2cccc(C(=O)Nc3ccc(N(C)C)cc3)c2n1.Cc1ccc2cccc(C(=O)Nc3cccs3)c2n1. The number of carbonyl (C=O) groups is 4. The number of hydrogen-bond donors (Lipinski definition) is 4. The zero-order valence-corrected chi connectivity index (χ0v) is 49.9. The summed E-state index contributed by atoms with van der Waals surface area (Å²) in [7, 11) is 3.97. The molecule has 0 spiro atoms. The molecule has 15 heteroatoms. The number of rotatable bonds is 10. The number of carbonyl (C=O) groups excluding carboxylic acids is 4. The van der Waals surface area contributed by atoms with Gasteiger partial charge in [-0.3, -0.25) is 39.1 Å². The van der Waals surface area contributed by atoms with Crippen LogP contribution in [0, 0.1) is 34.6 Å². The molecule has 85 heavy (non-hydrogen) atoms. The zero-order chi connectivity index (χ0) is 59.6. The lowest BCUT2D eigenvalue weighted by atomic mass is 10.1. The number of nitrogens with one attached hydrogen (secondary N) is 4. The van der Waals surface area contributed by atoms with E-state index < -0.39 is 0 Å². The number of fused-ring (bicyclic) bond motifs is 4. The van der Waals surface area contributed by atoms with Crippen molar-refractivity contribution in [3.63, 3.8) is 0 Å². The van der Waals surface area contributed by atoms with E-state index in [4.69, 9.17) is 0 Å². The Balaban J connectivity index is 0.000000126. The van der Waals surface area contributed by atoms with Crippen LogP contribution in [0.5, 0.6) is 0 Å². The van der Waals surface area contributed by atoms with Gasteiger partial charge >= 0.3 is 0 Å². The molecule has 1 saturated carbocycles. The van der Waals surface area contributed by atoms with Gasteiger partial charge in [-0.05, 0) is 168 Å². The highest BCUT2D eigenvalue weighted by molar-refractivity contribution is 7.16. The van der Waals surface area contributed by atoms with Crippen LogP contribution in [-0.4, -0.2) is 57.7 Å². The molecule has 0 saturated heterocycles. The van der Waals surface area contributed by atoms with Gasteiger partial charge in [0.15, 0.2) is 0 Å². The molecule has 6 heterocycles. The minimum Gasteiger partial charge on any atom is -0.378 e. The van der Waals surface area contributed by atoms with Crippen molar-refractivity contribution in [2.24, 2.45) is 0 Å². The predicted molar refractivity (Wildman–Crippen MR) is 350 cm³/mol. The van der Waals surface area contributed by atoms with Crippen molar-refractivity contribution in [2.75, 3.05) is 40.3 Å². The molecule has 1 aliphatic carbocycles. The lowest BCUT2D eigenvalue weighted by Crippen LogP contribution is -2.13. The Kier molecular flexibility index (Phi) is 18.2. The average molecular weight is 1160 g/mol. The van der Waals surface area contributed by atoms with Gasteiger partial charge in [-0.25, -0.2) is 0 Å². The van der Waals surface area contributed by atoms with E-state index in [1.165, 1.54) is 29.1 Å². The van der Waals surface area contributed by atoms with Gasteiger partial charge in [0.25, 0.3) is 23.6 Å². The minimum atomic E-state index is -0.147. The number of para-hydroxylation sites is 4. The van der Waals surface area contributed by atoms with Crippen LogP contribution in [0.25, 0.3) is 43.6 Å². The molecule has 1 fully saturated rings. The fourth-order valence-corrected chi connectivity index (χ4v) is 11.0. The summed E-state index contributed by atoms with van der Waals surface area (Å²) in [5.41, 5.74) is 12.8. The highest BCUT2D eigenvalue weighted by atomic mass is 32.1. The van der Waals surface area contributed by atoms with Crippen molar-refractivity contribution in [1.82, 2.24) is 19.9 Å². The topological polar surface area (TPSA) is 171 Å². The second kappa shape index (κ2) is 26.5. The maximum Gasteiger partial charge on any atom is 0.258 e. The maximum absolute atomic E-state index is 12.6. The number of hydrogen-bond acceptors (Lipinski definition) is 11. The fourth-order valence-electron chi connectivity index (χ4n) is 9.30. The van der Waals surface area contributed by atoms with Crippen LogP contribution in [0.4, 0.5) is 27.1 Å². The van der Waals surface area contributed by atoms with Crippen LogP contribution >= 0.6 is 22.7 Å². The van der Waals surface area contributed by atoms with E-state index in [1.807, 2.05) is 229 Å². The molecule has 0 bridgehead atoms. The van der Waals surface area contributed by atoms with Crippen LogP contribution in [0.15, 0.2) is 200 Å². The van der Waals surface area contributed by atoms with Crippen LogP contribution in [0.2, 0.25) is 0 Å². The monoisotopic (exact) mass is 1160 g/mol. The molecule has 6 aromatic heterocycles. The summed E-state index contributed by atoms with van der Waals surface area (Å²) in [4.78, 5) is 71.3. The molecule has 0 aliphatic heterocycles. The third kappa shape index (κ3) is 14.8. The minimum absolute atomic E-state index is 0.0899. The standard InChI is InChI=1S/C19H19N3O.C18H16N2OS.C18H16N2O.C15H12N2OS/c1-13-7-8-14-5-4-6-17(18(14)20-13)19(23)21-15-9-11-16(12-10-15)22(2)3;1-11-5-6-13-3-2-4-14(17(13)19-11)18(21)20-16-10-9-15(22-16)12-7-8-12;1-12-6-10-15(11-7-12)20-18(21)16-5-3-4-14-9-8-13(2)19-17(14)16;1-10-7-8-11-4-2-5-12(14(11)16-10)15(18)17-13-6-3-9-19-13/h4-12H,1-3H3,(H,21,23);2-6,9-10,12H,7-8H2,1H3,(H,20,21);3-11H,1-2H3,(H,20,21);2-9H,1H3,(H,17,18). The third-order valence-corrected chi connectivity index (χ3v) is 15.9. The molecule has 4 N–H and O–H groups in total. The Labute approximate surface area is 501 Å². The van der Waals surface area contributed by atoms with Gasteiger partial charge in [-0.15, -0.1) is 22.7 Å². The maximum atomic E-state index is 12.6. The van der Waals surface area contributed by atoms with E-state index in [0.29, 0.717) is 22.3 Å². The van der Waals surface area contributed by atoms with E-state index in [0.717, 1.165) is 105 Å². The summed E-state index contributed by atoms with van der Waals surface area (Å²) >= 11 is 3.18. The highest BCUT2D eigenvalue weighted by Crippen LogP contribution is 2.44. The molecule has 424 valence electrons. The molecule has 4 amide bonds. The van der Waals surface area contributed by atoms with Crippen molar-refractivity contribution in [3.05, 3.63) is 255 Å². The van der Waals surface area contributed by atoms with Crippen molar-refractivity contribution in [3.8, 4) is 0 Å². The second-order valence-corrected chi connectivity index (χ2v) is 23.0. The van der Waals surface area contributed by atoms with Gasteiger partial charge in [-0.1, -0.05) is 90.5 Å². The van der Waals surface area contributed by atoms with E-state index in [-0.39, 0.29) is 23.6 Å². The summed E-state index contributed by atoms with van der Waals surface area (Å²) in [6, 6.07) is 61.8. The number of thiophene rings is 2. The summed E-state index contributed by atoms with van der Waals surface area (Å²) < 4.78 is 0. The van der Waals surface area contributed by atoms with E-state index in [2.05, 4.69) is 47.3 Å². The Hall–Kier alpha value is -9.96. The molecule has 13 nitrogen and oxygen atoms in total. The summed E-state index contributed by atoms with van der Waals surface area (Å²) in [5, 5.41) is 19.3. The first kappa shape index (κ1) is 58.2. The predicted octanol–water partition coefficient (Wildman–Crippen LogP) is 16.6. The fraction of sp³-hybridized carbons (Fsp3) is 0.143.